The number of guanidine groups is 1. The normalized spacial score (nSPS) is 12.5. The molecule has 0 fully saturated rings. The fourth-order valence-corrected chi connectivity index (χ4v) is 4.54. The van der Waals surface area contributed by atoms with Crippen LogP contribution in [-0.4, -0.2) is 39.6 Å². The number of aliphatic imine (C=N–C) groups is 1. The Morgan fingerprint density at radius 2 is 1.85 bits per heavy atom. The fraction of sp³-hybridized carbons (Fsp3) is 0.345. The van der Waals surface area contributed by atoms with Crippen LogP contribution in [0.4, 0.5) is 13.2 Å². The minimum Gasteiger partial charge on any atom is -0.370 e. The minimum absolute atomic E-state index is 0.0196. The van der Waals surface area contributed by atoms with E-state index in [1.54, 1.807) is 18.3 Å². The van der Waals surface area contributed by atoms with Gasteiger partial charge in [0.25, 0.3) is 0 Å². The average Bonchev–Trinajstić information content (AvgIpc) is 3.32. The Morgan fingerprint density at radius 1 is 1.10 bits per heavy atom. The van der Waals surface area contributed by atoms with Crippen LogP contribution in [0.2, 0.25) is 0 Å². The van der Waals surface area contributed by atoms with E-state index in [1.807, 2.05) is 31.2 Å². The predicted octanol–water partition coefficient (Wildman–Crippen LogP) is 3.82. The predicted molar refractivity (Wildman–Crippen MR) is 156 cm³/mol. The van der Waals surface area contributed by atoms with Crippen LogP contribution in [-0.2, 0) is 19.1 Å². The molecule has 0 bridgehead atoms. The first-order valence-corrected chi connectivity index (χ1v) is 13.4. The number of rotatable bonds is 12. The Hall–Kier alpha value is -4.16. The summed E-state index contributed by atoms with van der Waals surface area (Å²) in [5.74, 6) is 0.0768. The number of hydrogen-bond acceptors (Lipinski definition) is 5. The number of halogens is 3. The van der Waals surface area contributed by atoms with Crippen LogP contribution in [0.5, 0.6) is 0 Å². The second-order valence-electron chi connectivity index (χ2n) is 10.2. The Balaban J connectivity index is 1.54. The van der Waals surface area contributed by atoms with Gasteiger partial charge < -0.3 is 27.5 Å². The van der Waals surface area contributed by atoms with E-state index < -0.39 is 17.4 Å². The van der Waals surface area contributed by atoms with E-state index in [0.717, 1.165) is 24.6 Å². The number of aromatic nitrogens is 3. The fourth-order valence-electron chi connectivity index (χ4n) is 4.54. The molecule has 4 rings (SSSR count). The topological polar surface area (TPSA) is 153 Å². The van der Waals surface area contributed by atoms with E-state index in [4.69, 9.17) is 17.2 Å². The summed E-state index contributed by atoms with van der Waals surface area (Å²) < 4.78 is 42.5. The van der Waals surface area contributed by atoms with Crippen LogP contribution in [0.25, 0.3) is 28.0 Å². The lowest BCUT2D eigenvalue weighted by molar-refractivity contribution is -0.137. The van der Waals surface area contributed by atoms with Crippen molar-refractivity contribution in [1.82, 2.24) is 19.9 Å². The molecule has 2 heterocycles. The van der Waals surface area contributed by atoms with Crippen molar-refractivity contribution in [2.75, 3.05) is 13.1 Å². The van der Waals surface area contributed by atoms with E-state index >= 15 is 0 Å². The summed E-state index contributed by atoms with van der Waals surface area (Å²) in [6.07, 6.45) is -0.182. The summed E-state index contributed by atoms with van der Waals surface area (Å²) in [5.41, 5.74) is 18.6. The summed E-state index contributed by atoms with van der Waals surface area (Å²) >= 11 is 0. The summed E-state index contributed by atoms with van der Waals surface area (Å²) in [5, 5.41) is 3.91. The molecule has 9 nitrogen and oxygen atoms in total. The molecule has 218 valence electrons. The molecule has 12 heteroatoms. The van der Waals surface area contributed by atoms with Crippen LogP contribution >= 0.6 is 0 Å². The van der Waals surface area contributed by atoms with Gasteiger partial charge in [-0.3, -0.25) is 9.56 Å². The van der Waals surface area contributed by atoms with E-state index in [-0.39, 0.29) is 12.0 Å². The van der Waals surface area contributed by atoms with Gasteiger partial charge in [-0.15, -0.1) is 0 Å². The highest BCUT2D eigenvalue weighted by molar-refractivity contribution is 5.82. The summed E-state index contributed by atoms with van der Waals surface area (Å²) in [7, 11) is 0. The SMILES string of the molecule is CC(N)CCCc1cc(-c2cc3cn(-c4ccc(CNCCCN=C(N)N)cc4)c(=O)nc3[nH]2)cc(C(F)(F)F)c1. The van der Waals surface area contributed by atoms with Crippen LogP contribution in [0.3, 0.4) is 0 Å². The molecule has 0 amide bonds. The third-order valence-corrected chi connectivity index (χ3v) is 6.61. The number of aryl methyl sites for hydroxylation is 1. The van der Waals surface area contributed by atoms with Crippen molar-refractivity contribution in [3.63, 3.8) is 0 Å². The summed E-state index contributed by atoms with van der Waals surface area (Å²) in [6.45, 7) is 3.81. The molecule has 41 heavy (non-hydrogen) atoms. The minimum atomic E-state index is -4.49. The molecule has 4 aromatic rings. The van der Waals surface area contributed by atoms with Gasteiger partial charge in [-0.05, 0) is 92.2 Å². The largest absolute Gasteiger partial charge is 0.416 e. The van der Waals surface area contributed by atoms with Gasteiger partial charge in [0.2, 0.25) is 0 Å². The van der Waals surface area contributed by atoms with Crippen LogP contribution in [0.15, 0.2) is 64.5 Å². The Bertz CT molecular complexity index is 1550. The number of aromatic amines is 1. The number of H-pyrrole nitrogens is 1. The summed E-state index contributed by atoms with van der Waals surface area (Å²) in [6, 6.07) is 13.2. The molecule has 1 atom stereocenters. The molecule has 0 saturated carbocycles. The van der Waals surface area contributed by atoms with Gasteiger partial charge in [0.15, 0.2) is 5.96 Å². The van der Waals surface area contributed by atoms with Crippen LogP contribution in [0.1, 0.15) is 42.9 Å². The number of benzene rings is 2. The van der Waals surface area contributed by atoms with Gasteiger partial charge in [0.05, 0.1) is 11.3 Å². The first-order valence-electron chi connectivity index (χ1n) is 13.4. The zero-order chi connectivity index (χ0) is 29.6. The van der Waals surface area contributed by atoms with Gasteiger partial charge in [0.1, 0.15) is 5.65 Å². The van der Waals surface area contributed by atoms with E-state index in [0.29, 0.717) is 65.9 Å². The third kappa shape index (κ3) is 8.18. The van der Waals surface area contributed by atoms with E-state index in [1.165, 1.54) is 10.6 Å². The maximum Gasteiger partial charge on any atom is 0.416 e. The number of nitrogens with zero attached hydrogens (tertiary/aromatic N) is 3. The zero-order valence-corrected chi connectivity index (χ0v) is 22.8. The maximum absolute atomic E-state index is 13.7. The highest BCUT2D eigenvalue weighted by atomic mass is 19.4. The standard InChI is InChI=1S/C29H35F3N8O/c1-18(33)4-2-5-20-12-21(14-23(13-20)29(30,31)32)25-15-22-17-40(28(41)39-26(22)38-25)24-8-6-19(7-9-24)16-36-10-3-11-37-27(34)35/h6-9,12-15,17-18,36H,2-5,10-11,16,33H2,1H3,(H4,34,35,37)(H,38,39,41). The lowest BCUT2D eigenvalue weighted by Crippen LogP contribution is -2.23. The molecular formula is C29H35F3N8O. The van der Waals surface area contributed by atoms with Crippen LogP contribution < -0.4 is 28.2 Å². The molecule has 8 N–H and O–H groups in total. The van der Waals surface area contributed by atoms with Gasteiger partial charge in [-0.1, -0.05) is 12.1 Å². The van der Waals surface area contributed by atoms with Gasteiger partial charge >= 0.3 is 11.9 Å². The molecule has 0 saturated heterocycles. The lowest BCUT2D eigenvalue weighted by atomic mass is 9.99. The van der Waals surface area contributed by atoms with E-state index in [2.05, 4.69) is 20.3 Å². The van der Waals surface area contributed by atoms with Gasteiger partial charge in [-0.25, -0.2) is 4.79 Å². The number of fused-ring (bicyclic) bond motifs is 1. The first-order chi connectivity index (χ1) is 19.5. The maximum atomic E-state index is 13.7. The van der Waals surface area contributed by atoms with Crippen molar-refractivity contribution in [3.05, 3.63) is 81.9 Å². The number of hydrogen-bond donors (Lipinski definition) is 5. The Morgan fingerprint density at radius 3 is 2.54 bits per heavy atom. The Labute approximate surface area is 235 Å². The van der Waals surface area contributed by atoms with Gasteiger partial charge in [-0.2, -0.15) is 18.2 Å². The number of nitrogens with two attached hydrogens (primary N) is 3. The number of alkyl halides is 3. The Kier molecular flexibility index (Phi) is 9.46. The molecule has 2 aromatic heterocycles. The van der Waals surface area contributed by atoms with Crippen molar-refractivity contribution in [1.29, 1.82) is 0 Å². The monoisotopic (exact) mass is 568 g/mol. The molecule has 0 radical (unpaired) electrons. The number of nitrogens with one attached hydrogen (secondary N) is 2. The van der Waals surface area contributed by atoms with Crippen molar-refractivity contribution in [3.8, 4) is 16.9 Å². The average molecular weight is 569 g/mol. The van der Waals surface area contributed by atoms with E-state index in [9.17, 15) is 18.0 Å². The molecular weight excluding hydrogens is 533 g/mol. The van der Waals surface area contributed by atoms with Crippen LogP contribution in [0, 0.1) is 0 Å². The van der Waals surface area contributed by atoms with Crippen molar-refractivity contribution in [2.24, 2.45) is 22.2 Å². The molecule has 0 spiro atoms. The molecule has 0 aliphatic heterocycles. The third-order valence-electron chi connectivity index (χ3n) is 6.61. The van der Waals surface area contributed by atoms with Crippen molar-refractivity contribution < 1.29 is 13.2 Å². The summed E-state index contributed by atoms with van der Waals surface area (Å²) in [4.78, 5) is 23.9. The second kappa shape index (κ2) is 13.0. The first kappa shape index (κ1) is 29.8. The van der Waals surface area contributed by atoms with Crippen molar-refractivity contribution >= 4 is 17.0 Å². The zero-order valence-electron chi connectivity index (χ0n) is 22.8. The highest BCUT2D eigenvalue weighted by Crippen LogP contribution is 2.34. The second-order valence-corrected chi connectivity index (χ2v) is 10.2. The highest BCUT2D eigenvalue weighted by Gasteiger charge is 2.31. The smallest absolute Gasteiger partial charge is 0.370 e. The van der Waals surface area contributed by atoms with Crippen molar-refractivity contribution in [2.45, 2.75) is 51.4 Å². The molecule has 1 unspecified atom stereocenters. The van der Waals surface area contributed by atoms with Gasteiger partial charge in [0, 0.05) is 36.4 Å². The lowest BCUT2D eigenvalue weighted by Gasteiger charge is -2.12. The molecule has 0 aliphatic rings. The molecule has 0 aliphatic carbocycles. The quantitative estimate of drug-likeness (QED) is 0.0995. The molecule has 2 aromatic carbocycles.